The lowest BCUT2D eigenvalue weighted by atomic mass is 10.1. The fourth-order valence-electron chi connectivity index (χ4n) is 1.83. The molecule has 0 radical (unpaired) electrons. The van der Waals surface area contributed by atoms with Crippen LogP contribution in [0.3, 0.4) is 0 Å². The summed E-state index contributed by atoms with van der Waals surface area (Å²) in [5.41, 5.74) is 4.39. The fraction of sp³-hybridized carbons (Fsp3) is 0.118. The van der Waals surface area contributed by atoms with Crippen LogP contribution in [0, 0.1) is 25.4 Å². The van der Waals surface area contributed by atoms with Gasteiger partial charge in [0.25, 0.3) is 6.26 Å². The van der Waals surface area contributed by atoms with Crippen molar-refractivity contribution in [3.05, 3.63) is 63.7 Å². The number of ether oxygens (including phenoxy) is 1. The average Bonchev–Trinajstić information content (AvgIpc) is 2.44. The molecule has 0 saturated heterocycles. The van der Waals surface area contributed by atoms with Gasteiger partial charge in [0.2, 0.25) is 0 Å². The molecule has 0 saturated carbocycles. The summed E-state index contributed by atoms with van der Waals surface area (Å²) in [5, 5.41) is 9.20. The Morgan fingerprint density at radius 3 is 2.30 bits per heavy atom. The zero-order valence-electron chi connectivity index (χ0n) is 11.4. The first-order valence-electron chi connectivity index (χ1n) is 6.21. The topological polar surface area (TPSA) is 33.0 Å². The van der Waals surface area contributed by atoms with E-state index in [-0.39, 0.29) is 0 Å². The maximum Gasteiger partial charge on any atom is 0.292 e. The van der Waals surface area contributed by atoms with Crippen molar-refractivity contribution in [2.24, 2.45) is 0 Å². The van der Waals surface area contributed by atoms with Crippen LogP contribution in [0.1, 0.15) is 22.3 Å². The van der Waals surface area contributed by atoms with Crippen LogP contribution in [0.2, 0.25) is 5.02 Å². The molecule has 0 amide bonds. The largest absolute Gasteiger partial charge is 0.388 e. The number of rotatable bonds is 3. The van der Waals surface area contributed by atoms with Crippen LogP contribution < -0.4 is 4.74 Å². The van der Waals surface area contributed by atoms with E-state index < -0.39 is 0 Å². The number of nitrogens with zero attached hydrogens (tertiary/aromatic N) is 1. The second-order valence-electron chi connectivity index (χ2n) is 4.54. The first-order chi connectivity index (χ1) is 9.60. The lowest BCUT2D eigenvalue weighted by Crippen LogP contribution is -1.84. The molecule has 0 aromatic heterocycles. The number of nitriles is 1. The molecule has 0 unspecified atom stereocenters. The molecule has 3 heteroatoms. The molecule has 100 valence electrons. The number of hydrogen-bond acceptors (Lipinski definition) is 2. The number of benzene rings is 2. The van der Waals surface area contributed by atoms with Crippen molar-refractivity contribution >= 4 is 23.8 Å². The van der Waals surface area contributed by atoms with Gasteiger partial charge in [-0.05, 0) is 54.3 Å². The van der Waals surface area contributed by atoms with Gasteiger partial charge in [-0.1, -0.05) is 42.0 Å². The normalized spacial score (nSPS) is 10.5. The molecule has 0 fully saturated rings. The molecule has 20 heavy (non-hydrogen) atoms. The summed E-state index contributed by atoms with van der Waals surface area (Å²) in [6, 6.07) is 11.4. The van der Waals surface area contributed by atoms with Crippen LogP contribution in [0.5, 0.6) is 5.75 Å². The lowest BCUT2D eigenvalue weighted by Gasteiger charge is -2.04. The van der Waals surface area contributed by atoms with E-state index in [1.807, 2.05) is 44.2 Å². The molecule has 0 aliphatic heterocycles. The molecule has 2 aromatic carbocycles. The molecule has 2 nitrogen and oxygen atoms in total. The van der Waals surface area contributed by atoms with Crippen LogP contribution in [0.25, 0.3) is 12.2 Å². The van der Waals surface area contributed by atoms with Crippen molar-refractivity contribution in [3.63, 3.8) is 0 Å². The fourth-order valence-corrected chi connectivity index (χ4v) is 2.11. The third kappa shape index (κ3) is 3.40. The van der Waals surface area contributed by atoms with Gasteiger partial charge >= 0.3 is 0 Å². The van der Waals surface area contributed by atoms with E-state index in [9.17, 15) is 0 Å². The standard InChI is InChI=1S/C17H14ClNO/c1-12-9-15(10-17(18)13(12)2)4-3-14-5-7-16(8-6-14)20-11-19/h3-10H,1-2H3/b4-3+. The number of aryl methyl sites for hydroxylation is 1. The smallest absolute Gasteiger partial charge is 0.292 e. The van der Waals surface area contributed by atoms with Gasteiger partial charge in [0.15, 0.2) is 0 Å². The molecule has 0 aliphatic carbocycles. The Bertz CT molecular complexity index is 658. The minimum atomic E-state index is 0.541. The van der Waals surface area contributed by atoms with E-state index in [0.717, 1.165) is 21.7 Å². The molecule has 0 spiro atoms. The van der Waals surface area contributed by atoms with Gasteiger partial charge in [-0.25, -0.2) is 0 Å². The van der Waals surface area contributed by atoms with E-state index in [1.54, 1.807) is 18.4 Å². The maximum atomic E-state index is 8.42. The first-order valence-corrected chi connectivity index (χ1v) is 6.59. The monoisotopic (exact) mass is 283 g/mol. The van der Waals surface area contributed by atoms with E-state index in [4.69, 9.17) is 21.6 Å². The van der Waals surface area contributed by atoms with Crippen molar-refractivity contribution in [3.8, 4) is 12.0 Å². The highest BCUT2D eigenvalue weighted by Gasteiger charge is 2.00. The molecule has 0 atom stereocenters. The zero-order valence-corrected chi connectivity index (χ0v) is 12.1. The Morgan fingerprint density at radius 1 is 1.05 bits per heavy atom. The minimum absolute atomic E-state index is 0.541. The summed E-state index contributed by atoms with van der Waals surface area (Å²) in [6.45, 7) is 4.06. The summed E-state index contributed by atoms with van der Waals surface area (Å²) in [6.07, 6.45) is 5.66. The van der Waals surface area contributed by atoms with Crippen molar-refractivity contribution in [1.82, 2.24) is 0 Å². The predicted molar refractivity (Wildman–Crippen MR) is 82.5 cm³/mol. The Kier molecular flexibility index (Phi) is 4.45. The van der Waals surface area contributed by atoms with Crippen LogP contribution in [0.4, 0.5) is 0 Å². The van der Waals surface area contributed by atoms with E-state index in [0.29, 0.717) is 5.75 Å². The lowest BCUT2D eigenvalue weighted by molar-refractivity contribution is 0.507. The molecular weight excluding hydrogens is 270 g/mol. The first kappa shape index (κ1) is 14.2. The Morgan fingerprint density at radius 2 is 1.70 bits per heavy atom. The van der Waals surface area contributed by atoms with Crippen LogP contribution >= 0.6 is 11.6 Å². The van der Waals surface area contributed by atoms with Crippen LogP contribution in [0.15, 0.2) is 36.4 Å². The highest BCUT2D eigenvalue weighted by molar-refractivity contribution is 6.31. The quantitative estimate of drug-likeness (QED) is 0.587. The summed E-state index contributed by atoms with van der Waals surface area (Å²) in [4.78, 5) is 0. The van der Waals surface area contributed by atoms with Gasteiger partial charge in [-0.15, -0.1) is 5.26 Å². The summed E-state index contributed by atoms with van der Waals surface area (Å²) < 4.78 is 4.73. The molecule has 0 heterocycles. The Hall–Kier alpha value is -2.24. The van der Waals surface area contributed by atoms with E-state index in [2.05, 4.69) is 6.07 Å². The van der Waals surface area contributed by atoms with Crippen molar-refractivity contribution in [2.45, 2.75) is 13.8 Å². The van der Waals surface area contributed by atoms with Gasteiger partial charge in [0.05, 0.1) is 0 Å². The van der Waals surface area contributed by atoms with Gasteiger partial charge < -0.3 is 4.74 Å². The van der Waals surface area contributed by atoms with E-state index in [1.165, 1.54) is 5.56 Å². The number of hydrogen-bond donors (Lipinski definition) is 0. The molecule has 2 rings (SSSR count). The minimum Gasteiger partial charge on any atom is -0.388 e. The van der Waals surface area contributed by atoms with Crippen molar-refractivity contribution < 1.29 is 4.74 Å². The summed E-state index contributed by atoms with van der Waals surface area (Å²) >= 11 is 6.18. The summed E-state index contributed by atoms with van der Waals surface area (Å²) in [5.74, 6) is 0.541. The highest BCUT2D eigenvalue weighted by atomic mass is 35.5. The van der Waals surface area contributed by atoms with Gasteiger partial charge in [0.1, 0.15) is 5.75 Å². The van der Waals surface area contributed by atoms with Crippen molar-refractivity contribution in [2.75, 3.05) is 0 Å². The molecule has 0 bridgehead atoms. The Balaban J connectivity index is 2.19. The highest BCUT2D eigenvalue weighted by Crippen LogP contribution is 2.22. The van der Waals surface area contributed by atoms with Crippen LogP contribution in [-0.2, 0) is 0 Å². The summed E-state index contributed by atoms with van der Waals surface area (Å²) in [7, 11) is 0. The third-order valence-electron chi connectivity index (χ3n) is 3.14. The third-order valence-corrected chi connectivity index (χ3v) is 3.53. The molecule has 2 aromatic rings. The second kappa shape index (κ2) is 6.27. The molecular formula is C17H14ClNO. The Labute approximate surface area is 123 Å². The molecule has 0 N–H and O–H groups in total. The zero-order chi connectivity index (χ0) is 14.5. The van der Waals surface area contributed by atoms with Gasteiger partial charge in [-0.2, -0.15) is 0 Å². The predicted octanol–water partition coefficient (Wildman–Crippen LogP) is 4.99. The van der Waals surface area contributed by atoms with E-state index >= 15 is 0 Å². The van der Waals surface area contributed by atoms with Crippen molar-refractivity contribution in [1.29, 1.82) is 5.26 Å². The second-order valence-corrected chi connectivity index (χ2v) is 4.95. The average molecular weight is 284 g/mol. The SMILES string of the molecule is Cc1cc(/C=C/c2ccc(OC#N)cc2)cc(Cl)c1C. The van der Waals surface area contributed by atoms with Gasteiger partial charge in [0, 0.05) is 5.02 Å². The molecule has 0 aliphatic rings. The van der Waals surface area contributed by atoms with Crippen LogP contribution in [-0.4, -0.2) is 0 Å². The number of halogens is 1. The maximum absolute atomic E-state index is 8.42. The van der Waals surface area contributed by atoms with Gasteiger partial charge in [-0.3, -0.25) is 0 Å².